The predicted octanol–water partition coefficient (Wildman–Crippen LogP) is 5.59. The third-order valence-corrected chi connectivity index (χ3v) is 5.62. The Morgan fingerprint density at radius 3 is 2.47 bits per heavy atom. The van der Waals surface area contributed by atoms with Crippen molar-refractivity contribution in [3.8, 4) is 0 Å². The second kappa shape index (κ2) is 6.53. The summed E-state index contributed by atoms with van der Waals surface area (Å²) in [4.78, 5) is 1.36. The van der Waals surface area contributed by atoms with E-state index in [9.17, 15) is 0 Å². The molecule has 0 spiro atoms. The van der Waals surface area contributed by atoms with E-state index in [0.717, 1.165) is 11.0 Å². The average molecular weight is 403 g/mol. The Kier molecular flexibility index (Phi) is 5.23. The van der Waals surface area contributed by atoms with E-state index in [1.807, 2.05) is 0 Å². The molecule has 2 rings (SSSR count). The van der Waals surface area contributed by atoms with Crippen molar-refractivity contribution in [1.29, 1.82) is 0 Å². The Morgan fingerprint density at radius 2 is 1.95 bits per heavy atom. The number of thiophene rings is 1. The van der Waals surface area contributed by atoms with E-state index < -0.39 is 0 Å². The topological polar surface area (TPSA) is 12.0 Å². The van der Waals surface area contributed by atoms with E-state index >= 15 is 0 Å². The van der Waals surface area contributed by atoms with Crippen LogP contribution in [0.4, 0.5) is 0 Å². The van der Waals surface area contributed by atoms with Crippen molar-refractivity contribution in [1.82, 2.24) is 5.32 Å². The fraction of sp³-hybridized carbons (Fsp3) is 0.333. The van der Waals surface area contributed by atoms with Crippen molar-refractivity contribution in [3.63, 3.8) is 0 Å². The van der Waals surface area contributed by atoms with Gasteiger partial charge in [-0.3, -0.25) is 0 Å². The van der Waals surface area contributed by atoms with Gasteiger partial charge in [-0.2, -0.15) is 0 Å². The Hall–Kier alpha value is -0.160. The van der Waals surface area contributed by atoms with Gasteiger partial charge in [0.2, 0.25) is 0 Å². The molecule has 102 valence electrons. The van der Waals surface area contributed by atoms with Gasteiger partial charge in [0.15, 0.2) is 0 Å². The Bertz CT molecular complexity index is 578. The molecule has 0 radical (unpaired) electrons. The lowest BCUT2D eigenvalue weighted by molar-refractivity contribution is 0.629. The molecule has 1 aromatic heterocycles. The molecule has 1 unspecified atom stereocenters. The Morgan fingerprint density at radius 1 is 1.21 bits per heavy atom. The summed E-state index contributed by atoms with van der Waals surface area (Å²) >= 11 is 8.94. The normalized spacial score (nSPS) is 12.7. The highest BCUT2D eigenvalue weighted by Gasteiger charge is 2.17. The SMILES string of the molecule is CCNC(c1ccc(Br)c(C)c1)c1cc(Br)sc1C. The summed E-state index contributed by atoms with van der Waals surface area (Å²) in [7, 11) is 0. The van der Waals surface area contributed by atoms with Gasteiger partial charge in [0.25, 0.3) is 0 Å². The minimum absolute atomic E-state index is 0.263. The molecule has 1 N–H and O–H groups in total. The van der Waals surface area contributed by atoms with Crippen molar-refractivity contribution in [2.75, 3.05) is 6.54 Å². The van der Waals surface area contributed by atoms with Gasteiger partial charge in [-0.05, 0) is 65.1 Å². The van der Waals surface area contributed by atoms with E-state index in [0.29, 0.717) is 0 Å². The van der Waals surface area contributed by atoms with Crippen molar-refractivity contribution in [2.24, 2.45) is 0 Å². The highest BCUT2D eigenvalue weighted by molar-refractivity contribution is 9.11. The number of halogens is 2. The standard InChI is InChI=1S/C15H17Br2NS/c1-4-18-15(12-8-14(17)19-10(12)3)11-5-6-13(16)9(2)7-11/h5-8,15,18H,4H2,1-3H3. The van der Waals surface area contributed by atoms with Gasteiger partial charge in [0.1, 0.15) is 0 Å². The first-order chi connectivity index (χ1) is 9.02. The molecular formula is C15H17Br2NS. The lowest BCUT2D eigenvalue weighted by Crippen LogP contribution is -2.22. The minimum Gasteiger partial charge on any atom is -0.306 e. The van der Waals surface area contributed by atoms with Crippen LogP contribution >= 0.6 is 43.2 Å². The van der Waals surface area contributed by atoms with E-state index in [4.69, 9.17) is 0 Å². The third kappa shape index (κ3) is 3.48. The molecule has 0 aliphatic heterocycles. The first-order valence-corrected chi connectivity index (χ1v) is 8.68. The monoisotopic (exact) mass is 401 g/mol. The average Bonchev–Trinajstić information content (AvgIpc) is 2.69. The molecule has 1 heterocycles. The van der Waals surface area contributed by atoms with Crippen LogP contribution in [0.3, 0.4) is 0 Å². The van der Waals surface area contributed by atoms with Crippen LogP contribution in [0.2, 0.25) is 0 Å². The number of hydrogen-bond acceptors (Lipinski definition) is 2. The summed E-state index contributed by atoms with van der Waals surface area (Å²) in [6, 6.07) is 9.06. The van der Waals surface area contributed by atoms with Gasteiger partial charge in [0, 0.05) is 9.35 Å². The molecule has 0 fully saturated rings. The van der Waals surface area contributed by atoms with Gasteiger partial charge < -0.3 is 5.32 Å². The molecule has 4 heteroatoms. The van der Waals surface area contributed by atoms with Crippen molar-refractivity contribution >= 4 is 43.2 Å². The number of benzene rings is 1. The zero-order chi connectivity index (χ0) is 14.0. The highest BCUT2D eigenvalue weighted by atomic mass is 79.9. The van der Waals surface area contributed by atoms with Crippen LogP contribution in [-0.4, -0.2) is 6.54 Å². The van der Waals surface area contributed by atoms with Gasteiger partial charge in [-0.25, -0.2) is 0 Å². The van der Waals surface area contributed by atoms with Gasteiger partial charge in [-0.15, -0.1) is 11.3 Å². The molecule has 0 amide bonds. The van der Waals surface area contributed by atoms with Gasteiger partial charge in [-0.1, -0.05) is 35.0 Å². The first kappa shape index (κ1) is 15.2. The molecule has 1 aromatic carbocycles. The fourth-order valence-corrected chi connectivity index (χ4v) is 4.20. The van der Waals surface area contributed by atoms with Crippen molar-refractivity contribution < 1.29 is 0 Å². The summed E-state index contributed by atoms with van der Waals surface area (Å²) < 4.78 is 2.35. The van der Waals surface area contributed by atoms with Crippen LogP contribution in [0, 0.1) is 13.8 Å². The Balaban J connectivity index is 2.44. The van der Waals surface area contributed by atoms with Crippen LogP contribution in [0.5, 0.6) is 0 Å². The molecule has 19 heavy (non-hydrogen) atoms. The largest absolute Gasteiger partial charge is 0.306 e. The second-order valence-corrected chi connectivity index (χ2v) is 8.05. The number of hydrogen-bond donors (Lipinski definition) is 1. The summed E-state index contributed by atoms with van der Waals surface area (Å²) in [6.07, 6.45) is 0. The molecule has 0 bridgehead atoms. The zero-order valence-electron chi connectivity index (χ0n) is 11.3. The molecule has 0 aliphatic carbocycles. The number of rotatable bonds is 4. The van der Waals surface area contributed by atoms with E-state index in [-0.39, 0.29) is 6.04 Å². The number of aryl methyl sites for hydroxylation is 2. The van der Waals surface area contributed by atoms with Crippen LogP contribution in [-0.2, 0) is 0 Å². The smallest absolute Gasteiger partial charge is 0.0704 e. The maximum absolute atomic E-state index is 3.59. The predicted molar refractivity (Wildman–Crippen MR) is 91.2 cm³/mol. The van der Waals surface area contributed by atoms with Crippen molar-refractivity contribution in [3.05, 3.63) is 54.1 Å². The first-order valence-electron chi connectivity index (χ1n) is 6.28. The summed E-state index contributed by atoms with van der Waals surface area (Å²) in [5.41, 5.74) is 3.95. The molecule has 1 atom stereocenters. The summed E-state index contributed by atoms with van der Waals surface area (Å²) in [5, 5.41) is 3.59. The molecule has 0 aliphatic rings. The van der Waals surface area contributed by atoms with E-state index in [2.05, 4.69) is 82.2 Å². The van der Waals surface area contributed by atoms with E-state index in [1.54, 1.807) is 11.3 Å². The maximum Gasteiger partial charge on any atom is 0.0704 e. The molecular weight excluding hydrogens is 386 g/mol. The van der Waals surface area contributed by atoms with Gasteiger partial charge in [0.05, 0.1) is 9.83 Å². The van der Waals surface area contributed by atoms with Crippen LogP contribution in [0.25, 0.3) is 0 Å². The van der Waals surface area contributed by atoms with Gasteiger partial charge >= 0.3 is 0 Å². The highest BCUT2D eigenvalue weighted by Crippen LogP contribution is 2.34. The van der Waals surface area contributed by atoms with Crippen LogP contribution in [0.1, 0.15) is 34.5 Å². The lowest BCUT2D eigenvalue weighted by atomic mass is 9.98. The minimum atomic E-state index is 0.263. The zero-order valence-corrected chi connectivity index (χ0v) is 15.2. The summed E-state index contributed by atoms with van der Waals surface area (Å²) in [6.45, 7) is 7.41. The Labute approximate surface area is 135 Å². The summed E-state index contributed by atoms with van der Waals surface area (Å²) in [5.74, 6) is 0. The van der Waals surface area contributed by atoms with Crippen LogP contribution < -0.4 is 5.32 Å². The molecule has 0 saturated carbocycles. The lowest BCUT2D eigenvalue weighted by Gasteiger charge is -2.19. The maximum atomic E-state index is 3.59. The molecule has 2 aromatic rings. The van der Waals surface area contributed by atoms with E-state index in [1.165, 1.54) is 25.4 Å². The van der Waals surface area contributed by atoms with Crippen LogP contribution in [0.15, 0.2) is 32.5 Å². The molecule has 0 saturated heterocycles. The number of nitrogens with one attached hydrogen (secondary N) is 1. The van der Waals surface area contributed by atoms with Crippen molar-refractivity contribution in [2.45, 2.75) is 26.8 Å². The fourth-order valence-electron chi connectivity index (χ4n) is 2.20. The second-order valence-electron chi connectivity index (χ2n) is 4.56. The quantitative estimate of drug-likeness (QED) is 0.702. The third-order valence-electron chi connectivity index (χ3n) is 3.16. The molecule has 1 nitrogen and oxygen atoms in total.